The lowest BCUT2D eigenvalue weighted by molar-refractivity contribution is -0.0870. The Bertz CT molecular complexity index is 337. The van der Waals surface area contributed by atoms with Gasteiger partial charge in [0.15, 0.2) is 0 Å². The van der Waals surface area contributed by atoms with Crippen molar-refractivity contribution >= 4 is 6.03 Å². The SMILES string of the molecule is C#CCNC(=O)N1CC[C@@]2(O)CCCC[C@H]2C1. The number of likely N-dealkylation sites (tertiary alicyclic amines) is 1. The summed E-state index contributed by atoms with van der Waals surface area (Å²) >= 11 is 0. The summed E-state index contributed by atoms with van der Waals surface area (Å²) in [5.41, 5.74) is -0.527. The number of piperidine rings is 1. The molecule has 0 unspecified atom stereocenters. The Morgan fingerprint density at radius 3 is 3.12 bits per heavy atom. The van der Waals surface area contributed by atoms with Crippen molar-refractivity contribution in [3.05, 3.63) is 0 Å². The topological polar surface area (TPSA) is 52.6 Å². The fourth-order valence-electron chi connectivity index (χ4n) is 2.99. The third-order valence-electron chi connectivity index (χ3n) is 4.06. The fourth-order valence-corrected chi connectivity index (χ4v) is 2.99. The quantitative estimate of drug-likeness (QED) is 0.666. The van der Waals surface area contributed by atoms with Crippen molar-refractivity contribution in [1.29, 1.82) is 0 Å². The summed E-state index contributed by atoms with van der Waals surface area (Å²) < 4.78 is 0. The second-order valence-corrected chi connectivity index (χ2v) is 5.11. The summed E-state index contributed by atoms with van der Waals surface area (Å²) in [5, 5.41) is 13.2. The van der Waals surface area contributed by atoms with E-state index in [1.165, 1.54) is 0 Å². The molecule has 0 aromatic heterocycles. The van der Waals surface area contributed by atoms with Crippen LogP contribution in [-0.2, 0) is 0 Å². The minimum absolute atomic E-state index is 0.101. The third-order valence-corrected chi connectivity index (χ3v) is 4.06. The summed E-state index contributed by atoms with van der Waals surface area (Å²) in [6.45, 7) is 1.56. The van der Waals surface area contributed by atoms with E-state index in [4.69, 9.17) is 6.42 Å². The number of amides is 2. The molecule has 1 heterocycles. The highest BCUT2D eigenvalue weighted by molar-refractivity contribution is 5.74. The van der Waals surface area contributed by atoms with Crippen LogP contribution < -0.4 is 5.32 Å². The minimum Gasteiger partial charge on any atom is -0.389 e. The molecule has 0 spiro atoms. The summed E-state index contributed by atoms with van der Waals surface area (Å²) in [6.07, 6.45) is 9.98. The van der Waals surface area contributed by atoms with Gasteiger partial charge in [0.2, 0.25) is 0 Å². The number of carbonyl (C=O) groups is 1. The summed E-state index contributed by atoms with van der Waals surface area (Å²) in [6, 6.07) is -0.101. The number of nitrogens with zero attached hydrogens (tertiary/aromatic N) is 1. The molecule has 0 bridgehead atoms. The van der Waals surface area contributed by atoms with E-state index in [0.717, 1.165) is 25.7 Å². The molecule has 94 valence electrons. The first kappa shape index (κ1) is 12.3. The predicted molar refractivity (Wildman–Crippen MR) is 65.3 cm³/mol. The molecule has 0 aromatic carbocycles. The number of nitrogens with one attached hydrogen (secondary N) is 1. The van der Waals surface area contributed by atoms with Gasteiger partial charge >= 0.3 is 6.03 Å². The average Bonchev–Trinajstić information content (AvgIpc) is 2.34. The molecule has 1 aliphatic carbocycles. The van der Waals surface area contributed by atoms with Crippen molar-refractivity contribution in [2.75, 3.05) is 19.6 Å². The standard InChI is InChI=1S/C13H20N2O2/c1-2-8-14-12(16)15-9-7-13(17)6-4-3-5-11(13)10-15/h1,11,17H,3-10H2,(H,14,16)/t11-,13-/m0/s1. The van der Waals surface area contributed by atoms with E-state index in [1.54, 1.807) is 4.90 Å². The molecule has 2 N–H and O–H groups in total. The van der Waals surface area contributed by atoms with Crippen LogP contribution in [0.1, 0.15) is 32.1 Å². The van der Waals surface area contributed by atoms with Crippen molar-refractivity contribution in [3.63, 3.8) is 0 Å². The highest BCUT2D eigenvalue weighted by Crippen LogP contribution is 2.39. The molecule has 1 saturated carbocycles. The smallest absolute Gasteiger partial charge is 0.318 e. The van der Waals surface area contributed by atoms with Gasteiger partial charge in [0.1, 0.15) is 0 Å². The zero-order valence-corrected chi connectivity index (χ0v) is 10.1. The lowest BCUT2D eigenvalue weighted by Gasteiger charge is -2.47. The molecule has 0 aromatic rings. The van der Waals surface area contributed by atoms with Crippen molar-refractivity contribution < 1.29 is 9.90 Å². The van der Waals surface area contributed by atoms with Gasteiger partial charge in [-0.05, 0) is 19.3 Å². The predicted octanol–water partition coefficient (Wildman–Crippen LogP) is 0.956. The lowest BCUT2D eigenvalue weighted by Crippen LogP contribution is -2.56. The molecule has 2 rings (SSSR count). The van der Waals surface area contributed by atoms with Crippen LogP contribution >= 0.6 is 0 Å². The Kier molecular flexibility index (Phi) is 3.58. The Hall–Kier alpha value is -1.21. The van der Waals surface area contributed by atoms with Crippen LogP contribution in [0.4, 0.5) is 4.79 Å². The van der Waals surface area contributed by atoms with E-state index < -0.39 is 5.60 Å². The van der Waals surface area contributed by atoms with Gasteiger partial charge in [-0.3, -0.25) is 0 Å². The molecular weight excluding hydrogens is 216 g/mol. The molecule has 2 aliphatic rings. The largest absolute Gasteiger partial charge is 0.389 e. The van der Waals surface area contributed by atoms with Crippen LogP contribution in [0, 0.1) is 18.3 Å². The first-order valence-electron chi connectivity index (χ1n) is 6.34. The van der Waals surface area contributed by atoms with Gasteiger partial charge in [0.05, 0.1) is 12.1 Å². The minimum atomic E-state index is -0.527. The molecule has 2 amide bonds. The zero-order valence-electron chi connectivity index (χ0n) is 10.1. The van der Waals surface area contributed by atoms with E-state index in [2.05, 4.69) is 11.2 Å². The van der Waals surface area contributed by atoms with Gasteiger partial charge in [-0.15, -0.1) is 6.42 Å². The van der Waals surface area contributed by atoms with E-state index >= 15 is 0 Å². The number of aliphatic hydroxyl groups is 1. The van der Waals surface area contributed by atoms with Crippen LogP contribution in [-0.4, -0.2) is 41.3 Å². The van der Waals surface area contributed by atoms with Gasteiger partial charge in [0.25, 0.3) is 0 Å². The summed E-state index contributed by atoms with van der Waals surface area (Å²) in [5.74, 6) is 2.63. The van der Waals surface area contributed by atoms with E-state index in [1.807, 2.05) is 0 Å². The number of terminal acetylenes is 1. The molecule has 0 radical (unpaired) electrons. The third kappa shape index (κ3) is 2.55. The summed E-state index contributed by atoms with van der Waals surface area (Å²) in [4.78, 5) is 13.6. The monoisotopic (exact) mass is 236 g/mol. The van der Waals surface area contributed by atoms with Crippen LogP contribution in [0.25, 0.3) is 0 Å². The van der Waals surface area contributed by atoms with Crippen molar-refractivity contribution in [1.82, 2.24) is 10.2 Å². The first-order valence-corrected chi connectivity index (χ1v) is 6.34. The molecule has 2 atom stereocenters. The van der Waals surface area contributed by atoms with Crippen molar-refractivity contribution in [2.45, 2.75) is 37.7 Å². The number of carbonyl (C=O) groups excluding carboxylic acids is 1. The highest BCUT2D eigenvalue weighted by Gasteiger charge is 2.43. The second kappa shape index (κ2) is 4.97. The van der Waals surface area contributed by atoms with Crippen LogP contribution in [0.3, 0.4) is 0 Å². The number of urea groups is 1. The normalized spacial score (nSPS) is 32.5. The molecule has 1 saturated heterocycles. The Morgan fingerprint density at radius 1 is 1.53 bits per heavy atom. The number of hydrogen-bond acceptors (Lipinski definition) is 2. The van der Waals surface area contributed by atoms with E-state index in [-0.39, 0.29) is 18.5 Å². The maximum absolute atomic E-state index is 11.8. The maximum Gasteiger partial charge on any atom is 0.318 e. The Labute approximate surface area is 102 Å². The first-order chi connectivity index (χ1) is 8.15. The zero-order chi connectivity index (χ0) is 12.3. The second-order valence-electron chi connectivity index (χ2n) is 5.11. The average molecular weight is 236 g/mol. The highest BCUT2D eigenvalue weighted by atomic mass is 16.3. The molecule has 1 aliphatic heterocycles. The van der Waals surface area contributed by atoms with Crippen molar-refractivity contribution in [3.8, 4) is 12.3 Å². The lowest BCUT2D eigenvalue weighted by atomic mass is 9.71. The van der Waals surface area contributed by atoms with E-state index in [9.17, 15) is 9.90 Å². The molecule has 17 heavy (non-hydrogen) atoms. The van der Waals surface area contributed by atoms with E-state index in [0.29, 0.717) is 19.5 Å². The molecule has 2 fully saturated rings. The number of rotatable bonds is 1. The molecule has 4 heteroatoms. The van der Waals surface area contributed by atoms with Crippen molar-refractivity contribution in [2.24, 2.45) is 5.92 Å². The Morgan fingerprint density at radius 2 is 2.35 bits per heavy atom. The number of hydrogen-bond donors (Lipinski definition) is 2. The number of fused-ring (bicyclic) bond motifs is 1. The Balaban J connectivity index is 1.93. The van der Waals surface area contributed by atoms with Crippen LogP contribution in [0.5, 0.6) is 0 Å². The van der Waals surface area contributed by atoms with Gasteiger partial charge in [-0.2, -0.15) is 0 Å². The molecular formula is C13H20N2O2. The van der Waals surface area contributed by atoms with Gasteiger partial charge < -0.3 is 15.3 Å². The van der Waals surface area contributed by atoms with Gasteiger partial charge in [-0.1, -0.05) is 18.8 Å². The maximum atomic E-state index is 11.8. The van der Waals surface area contributed by atoms with Gasteiger partial charge in [0, 0.05) is 19.0 Å². The van der Waals surface area contributed by atoms with Gasteiger partial charge in [-0.25, -0.2) is 4.79 Å². The molecule has 4 nitrogen and oxygen atoms in total. The van der Waals surface area contributed by atoms with Crippen LogP contribution in [0.2, 0.25) is 0 Å². The van der Waals surface area contributed by atoms with Crippen LogP contribution in [0.15, 0.2) is 0 Å². The fraction of sp³-hybridized carbons (Fsp3) is 0.769. The summed E-state index contributed by atoms with van der Waals surface area (Å²) in [7, 11) is 0.